The molecule has 0 fully saturated rings. The summed E-state index contributed by atoms with van der Waals surface area (Å²) in [5.74, 6) is -0.0314. The summed E-state index contributed by atoms with van der Waals surface area (Å²) in [6, 6.07) is 13.7. The second-order valence-corrected chi connectivity index (χ2v) is 8.97. The van der Waals surface area contributed by atoms with Crippen LogP contribution in [0.4, 0.5) is 0 Å². The lowest BCUT2D eigenvalue weighted by atomic mass is 9.78. The van der Waals surface area contributed by atoms with E-state index in [9.17, 15) is 9.59 Å². The van der Waals surface area contributed by atoms with Gasteiger partial charge in [-0.05, 0) is 49.6 Å². The molecule has 1 aliphatic rings. The molecule has 0 bridgehead atoms. The van der Waals surface area contributed by atoms with E-state index in [1.807, 2.05) is 49.4 Å². The number of carbonyl (C=O) groups is 2. The third-order valence-electron chi connectivity index (χ3n) is 6.63. The quantitative estimate of drug-likeness (QED) is 0.351. The van der Waals surface area contributed by atoms with Crippen LogP contribution in [-0.4, -0.2) is 54.5 Å². The van der Waals surface area contributed by atoms with Crippen LogP contribution in [0.15, 0.2) is 42.5 Å². The number of H-pyrrole nitrogens is 1. The van der Waals surface area contributed by atoms with Crippen molar-refractivity contribution in [2.45, 2.75) is 38.6 Å². The van der Waals surface area contributed by atoms with Crippen LogP contribution < -0.4 is 9.47 Å². The Bertz CT molecular complexity index is 1240. The number of nitrogens with one attached hydrogen (secondary N) is 1. The van der Waals surface area contributed by atoms with E-state index in [1.165, 1.54) is 4.90 Å². The van der Waals surface area contributed by atoms with Gasteiger partial charge in [-0.3, -0.25) is 4.79 Å². The minimum absolute atomic E-state index is 0.201. The third kappa shape index (κ3) is 4.22. The van der Waals surface area contributed by atoms with Gasteiger partial charge in [0.2, 0.25) is 5.91 Å². The van der Waals surface area contributed by atoms with Gasteiger partial charge in [-0.1, -0.05) is 31.2 Å². The molecule has 2 heterocycles. The summed E-state index contributed by atoms with van der Waals surface area (Å²) in [4.78, 5) is 31.4. The first kappa shape index (κ1) is 24.9. The summed E-state index contributed by atoms with van der Waals surface area (Å²) in [5, 5.41) is 0.992. The molecule has 35 heavy (non-hydrogen) atoms. The molecule has 8 heteroatoms. The van der Waals surface area contributed by atoms with Crippen LogP contribution in [-0.2, 0) is 19.9 Å². The summed E-state index contributed by atoms with van der Waals surface area (Å²) >= 11 is 6.02. The number of carbonyl (C=O) groups excluding carboxylic acids is 2. The zero-order valence-electron chi connectivity index (χ0n) is 20.5. The molecule has 186 valence electrons. The first-order valence-corrected chi connectivity index (χ1v) is 12.4. The van der Waals surface area contributed by atoms with Gasteiger partial charge in [-0.25, -0.2) is 4.79 Å². The molecule has 2 aromatic carbocycles. The largest absolute Gasteiger partial charge is 0.493 e. The van der Waals surface area contributed by atoms with E-state index < -0.39 is 11.5 Å². The molecule has 0 aliphatic carbocycles. The SMILES string of the molecule is CCCOc1ccc(C2CN(C(=O)CCl)C(C)(C(=O)OCC)c3[nH]c4ccccc4c32)cc1OC. The van der Waals surface area contributed by atoms with Crippen molar-refractivity contribution < 1.29 is 23.8 Å². The number of rotatable bonds is 8. The summed E-state index contributed by atoms with van der Waals surface area (Å²) in [6.45, 7) is 6.57. The minimum Gasteiger partial charge on any atom is -0.493 e. The third-order valence-corrected chi connectivity index (χ3v) is 6.86. The van der Waals surface area contributed by atoms with Crippen molar-refractivity contribution in [1.82, 2.24) is 9.88 Å². The Morgan fingerprint density at radius 2 is 1.94 bits per heavy atom. The average Bonchev–Trinajstić information content (AvgIpc) is 3.28. The van der Waals surface area contributed by atoms with Crippen molar-refractivity contribution in [1.29, 1.82) is 0 Å². The van der Waals surface area contributed by atoms with Crippen molar-refractivity contribution in [3.63, 3.8) is 0 Å². The molecule has 1 aliphatic heterocycles. The van der Waals surface area contributed by atoms with Gasteiger partial charge in [-0.2, -0.15) is 0 Å². The fourth-order valence-corrected chi connectivity index (χ4v) is 5.06. The molecule has 3 aromatic rings. The highest BCUT2D eigenvalue weighted by Crippen LogP contribution is 2.47. The molecule has 4 rings (SSSR count). The molecular formula is C27H31ClN2O5. The van der Waals surface area contributed by atoms with Crippen LogP contribution in [0.2, 0.25) is 0 Å². The summed E-state index contributed by atoms with van der Waals surface area (Å²) in [5.41, 5.74) is 2.07. The second kappa shape index (κ2) is 10.2. The van der Waals surface area contributed by atoms with Crippen LogP contribution in [0.1, 0.15) is 49.9 Å². The van der Waals surface area contributed by atoms with Crippen LogP contribution in [0, 0.1) is 0 Å². The number of amides is 1. The number of aromatic amines is 1. The standard InChI is InChI=1S/C27H31ClN2O5/c1-5-13-35-21-12-11-17(14-22(21)33-4)19-16-30(23(31)15-28)27(3,26(32)34-6-2)25-24(19)18-9-7-8-10-20(18)29-25/h7-12,14,19,29H,5-6,13,15-16H2,1-4H3. The van der Waals surface area contributed by atoms with E-state index >= 15 is 0 Å². The van der Waals surface area contributed by atoms with Crippen LogP contribution in [0.25, 0.3) is 10.9 Å². The van der Waals surface area contributed by atoms with Gasteiger partial charge in [-0.15, -0.1) is 11.6 Å². The van der Waals surface area contributed by atoms with Crippen LogP contribution in [0.3, 0.4) is 0 Å². The first-order valence-electron chi connectivity index (χ1n) is 11.9. The number of hydrogen-bond donors (Lipinski definition) is 1. The van der Waals surface area contributed by atoms with E-state index in [-0.39, 0.29) is 30.9 Å². The number of ether oxygens (including phenoxy) is 3. The molecule has 1 N–H and O–H groups in total. The van der Waals surface area contributed by atoms with Crippen molar-refractivity contribution in [2.24, 2.45) is 0 Å². The lowest BCUT2D eigenvalue weighted by Gasteiger charge is -2.45. The summed E-state index contributed by atoms with van der Waals surface area (Å²) in [7, 11) is 1.61. The Kier molecular flexibility index (Phi) is 7.26. The Labute approximate surface area is 210 Å². The first-order chi connectivity index (χ1) is 16.9. The lowest BCUT2D eigenvalue weighted by Crippen LogP contribution is -2.58. The molecule has 7 nitrogen and oxygen atoms in total. The molecule has 2 atom stereocenters. The van der Waals surface area contributed by atoms with Gasteiger partial charge in [0.05, 0.1) is 26.0 Å². The number of nitrogens with zero attached hydrogens (tertiary/aromatic N) is 1. The zero-order valence-corrected chi connectivity index (χ0v) is 21.3. The fourth-order valence-electron chi connectivity index (χ4n) is 4.91. The van der Waals surface area contributed by atoms with E-state index in [0.29, 0.717) is 23.8 Å². The highest BCUT2D eigenvalue weighted by Gasteiger charge is 2.52. The topological polar surface area (TPSA) is 80.9 Å². The molecule has 0 saturated heterocycles. The number of halogens is 1. The highest BCUT2D eigenvalue weighted by molar-refractivity contribution is 6.27. The van der Waals surface area contributed by atoms with Gasteiger partial charge < -0.3 is 24.1 Å². The Balaban J connectivity index is 1.94. The fraction of sp³-hybridized carbons (Fsp3) is 0.407. The Morgan fingerprint density at radius 1 is 1.17 bits per heavy atom. The zero-order chi connectivity index (χ0) is 25.2. The Hall–Kier alpha value is -3.19. The molecule has 0 radical (unpaired) electrons. The van der Waals surface area contributed by atoms with Crippen molar-refractivity contribution >= 4 is 34.4 Å². The van der Waals surface area contributed by atoms with Crippen LogP contribution in [0.5, 0.6) is 11.5 Å². The molecule has 1 aromatic heterocycles. The molecule has 0 saturated carbocycles. The maximum atomic E-state index is 13.4. The van der Waals surface area contributed by atoms with Crippen molar-refractivity contribution in [3.05, 3.63) is 59.3 Å². The van der Waals surface area contributed by atoms with E-state index in [2.05, 4.69) is 4.98 Å². The number of fused-ring (bicyclic) bond motifs is 3. The van der Waals surface area contributed by atoms with E-state index in [0.717, 1.165) is 28.5 Å². The smallest absolute Gasteiger partial charge is 0.338 e. The number of alkyl halides is 1. The number of aromatic nitrogens is 1. The monoisotopic (exact) mass is 498 g/mol. The predicted molar refractivity (Wildman–Crippen MR) is 135 cm³/mol. The van der Waals surface area contributed by atoms with Gasteiger partial charge in [0.15, 0.2) is 17.0 Å². The number of benzene rings is 2. The van der Waals surface area contributed by atoms with Gasteiger partial charge in [0.25, 0.3) is 0 Å². The highest BCUT2D eigenvalue weighted by atomic mass is 35.5. The summed E-state index contributed by atoms with van der Waals surface area (Å²) < 4.78 is 16.9. The number of hydrogen-bond acceptors (Lipinski definition) is 5. The minimum atomic E-state index is -1.35. The van der Waals surface area contributed by atoms with Crippen molar-refractivity contribution in [3.8, 4) is 11.5 Å². The number of para-hydroxylation sites is 1. The van der Waals surface area contributed by atoms with Gasteiger partial charge in [0, 0.05) is 23.4 Å². The number of esters is 1. The maximum absolute atomic E-state index is 13.4. The Morgan fingerprint density at radius 3 is 2.63 bits per heavy atom. The van der Waals surface area contributed by atoms with E-state index in [1.54, 1.807) is 21.0 Å². The molecule has 0 spiro atoms. The average molecular weight is 499 g/mol. The lowest BCUT2D eigenvalue weighted by molar-refractivity contribution is -0.164. The van der Waals surface area contributed by atoms with E-state index in [4.69, 9.17) is 25.8 Å². The van der Waals surface area contributed by atoms with Crippen LogP contribution >= 0.6 is 11.6 Å². The molecule has 2 unspecified atom stereocenters. The van der Waals surface area contributed by atoms with Crippen molar-refractivity contribution in [2.75, 3.05) is 32.7 Å². The second-order valence-electron chi connectivity index (χ2n) is 8.70. The normalized spacial score (nSPS) is 19.3. The molecule has 1 amide bonds. The summed E-state index contributed by atoms with van der Waals surface area (Å²) in [6.07, 6.45) is 0.883. The van der Waals surface area contributed by atoms with Gasteiger partial charge >= 0.3 is 5.97 Å². The maximum Gasteiger partial charge on any atom is 0.338 e. The van der Waals surface area contributed by atoms with Gasteiger partial charge in [0.1, 0.15) is 5.88 Å². The molecular weight excluding hydrogens is 468 g/mol. The predicted octanol–water partition coefficient (Wildman–Crippen LogP) is 4.96. The number of methoxy groups -OCH3 is 1.